The van der Waals surface area contributed by atoms with Crippen molar-refractivity contribution in [2.45, 2.75) is 37.6 Å². The quantitative estimate of drug-likeness (QED) is 0.347. The molecular weight excluding hydrogens is 555 g/mol. The fourth-order valence-corrected chi connectivity index (χ4v) is 5.65. The minimum absolute atomic E-state index is 0.105. The first kappa shape index (κ1) is 29.2. The summed E-state index contributed by atoms with van der Waals surface area (Å²) in [4.78, 5) is 21.4. The number of methoxy groups -OCH3 is 2. The molecule has 1 unspecified atom stereocenters. The molecule has 3 aromatic rings. The smallest absolute Gasteiger partial charge is 0.429 e. The number of benzene rings is 2. The monoisotopic (exact) mass is 587 g/mol. The third-order valence-electron chi connectivity index (χ3n) is 7.98. The maximum absolute atomic E-state index is 14.2. The van der Waals surface area contributed by atoms with Gasteiger partial charge >= 0.3 is 12.1 Å². The number of carboxylic acid groups (broad SMARTS) is 1. The van der Waals surface area contributed by atoms with Crippen molar-refractivity contribution >= 4 is 17.7 Å². The summed E-state index contributed by atoms with van der Waals surface area (Å²) >= 11 is 0. The van der Waals surface area contributed by atoms with Crippen LogP contribution < -0.4 is 30.2 Å². The lowest BCUT2D eigenvalue weighted by Crippen LogP contribution is -2.41. The van der Waals surface area contributed by atoms with Crippen LogP contribution in [-0.4, -0.2) is 67.1 Å². The van der Waals surface area contributed by atoms with Crippen molar-refractivity contribution < 1.29 is 37.3 Å². The van der Waals surface area contributed by atoms with Crippen molar-refractivity contribution in [2.24, 2.45) is 5.41 Å². The van der Waals surface area contributed by atoms with Gasteiger partial charge in [0.1, 0.15) is 11.9 Å². The van der Waals surface area contributed by atoms with Crippen molar-refractivity contribution in [3.05, 3.63) is 54.1 Å². The molecule has 2 aliphatic rings. The van der Waals surface area contributed by atoms with Gasteiger partial charge in [0.25, 0.3) is 0 Å². The molecule has 2 atom stereocenters. The van der Waals surface area contributed by atoms with Gasteiger partial charge in [-0.1, -0.05) is 30.3 Å². The lowest BCUT2D eigenvalue weighted by atomic mass is 9.76. The Morgan fingerprint density at radius 2 is 1.71 bits per heavy atom. The average Bonchev–Trinajstić information content (AvgIpc) is 3.39. The number of anilines is 2. The van der Waals surface area contributed by atoms with Gasteiger partial charge in [0.05, 0.1) is 14.2 Å². The molecule has 0 saturated carbocycles. The van der Waals surface area contributed by atoms with Gasteiger partial charge in [-0.2, -0.15) is 23.1 Å². The van der Waals surface area contributed by atoms with Gasteiger partial charge in [0.2, 0.25) is 17.9 Å². The summed E-state index contributed by atoms with van der Waals surface area (Å²) < 4.78 is 58.7. The van der Waals surface area contributed by atoms with Crippen LogP contribution in [0.25, 0.3) is 11.1 Å². The van der Waals surface area contributed by atoms with Crippen LogP contribution in [0.1, 0.15) is 30.9 Å². The molecule has 10 nitrogen and oxygen atoms in total. The van der Waals surface area contributed by atoms with E-state index in [0.717, 1.165) is 5.56 Å². The van der Waals surface area contributed by atoms with Crippen LogP contribution in [0.5, 0.6) is 17.4 Å². The molecule has 2 saturated heterocycles. The molecular formula is C29H32F3N5O5. The number of halogens is 3. The zero-order valence-corrected chi connectivity index (χ0v) is 23.1. The number of carboxylic acids is 1. The fourth-order valence-electron chi connectivity index (χ4n) is 5.65. The highest BCUT2D eigenvalue weighted by Crippen LogP contribution is 2.42. The standard InChI is InChI=1S/C29H32F3N5O5/c1-40-21-8-7-19(13-22(21)41-2)17-3-5-18(6-4-17)25(29(30,31)32)42-24-14-23(35-27(33)36-24)37-11-9-28(10-12-37)15-20(26(38)39)34-16-28/h3-8,13-14,20,25,34H,9-12,15-16H2,1-2H3,(H,38,39)(H2,33,35,36)/t20?,25-/m1/s1. The van der Waals surface area contributed by atoms with E-state index in [2.05, 4.69) is 15.3 Å². The van der Waals surface area contributed by atoms with Crippen molar-refractivity contribution in [3.8, 4) is 28.5 Å². The Hall–Kier alpha value is -4.26. The third kappa shape index (κ3) is 6.15. The average molecular weight is 588 g/mol. The summed E-state index contributed by atoms with van der Waals surface area (Å²) in [6, 6.07) is 11.9. The van der Waals surface area contributed by atoms with Gasteiger partial charge in [-0.05, 0) is 47.9 Å². The van der Waals surface area contributed by atoms with E-state index in [0.29, 0.717) is 61.8 Å². The number of nitrogens with zero attached hydrogens (tertiary/aromatic N) is 3. The number of hydrogen-bond acceptors (Lipinski definition) is 9. The van der Waals surface area contributed by atoms with Gasteiger partial charge in [-0.15, -0.1) is 0 Å². The predicted octanol–water partition coefficient (Wildman–Crippen LogP) is 4.46. The van der Waals surface area contributed by atoms with Crippen molar-refractivity contribution in [2.75, 3.05) is 44.5 Å². The number of hydrogen-bond donors (Lipinski definition) is 3. The lowest BCUT2D eigenvalue weighted by Gasteiger charge is -2.39. The Morgan fingerprint density at radius 1 is 1.05 bits per heavy atom. The van der Waals surface area contributed by atoms with E-state index in [1.807, 2.05) is 4.90 Å². The summed E-state index contributed by atoms with van der Waals surface area (Å²) in [5, 5.41) is 12.4. The summed E-state index contributed by atoms with van der Waals surface area (Å²) in [5.74, 6) is 0.0325. The molecule has 0 amide bonds. The zero-order valence-electron chi connectivity index (χ0n) is 23.1. The number of rotatable bonds is 8. The number of alkyl halides is 3. The van der Waals surface area contributed by atoms with Crippen LogP contribution in [-0.2, 0) is 4.79 Å². The molecule has 2 fully saturated rings. The fraction of sp³-hybridized carbons (Fsp3) is 0.414. The zero-order chi connectivity index (χ0) is 30.1. The van der Waals surface area contributed by atoms with Gasteiger partial charge < -0.3 is 35.3 Å². The summed E-state index contributed by atoms with van der Waals surface area (Å²) in [7, 11) is 3.03. The molecule has 1 spiro atoms. The number of nitrogen functional groups attached to an aromatic ring is 1. The number of nitrogens with one attached hydrogen (secondary N) is 1. The molecule has 224 valence electrons. The highest BCUT2D eigenvalue weighted by Gasteiger charge is 2.45. The number of ether oxygens (including phenoxy) is 3. The second kappa shape index (κ2) is 11.6. The van der Waals surface area contributed by atoms with E-state index in [4.69, 9.17) is 19.9 Å². The van der Waals surface area contributed by atoms with Gasteiger partial charge in [-0.3, -0.25) is 4.79 Å². The molecule has 13 heteroatoms. The Bertz CT molecular complexity index is 1430. The van der Waals surface area contributed by atoms with Crippen LogP contribution >= 0.6 is 0 Å². The summed E-state index contributed by atoms with van der Waals surface area (Å²) in [6.45, 7) is 1.70. The predicted molar refractivity (Wildman–Crippen MR) is 149 cm³/mol. The first-order chi connectivity index (χ1) is 20.0. The number of aromatic nitrogens is 2. The van der Waals surface area contributed by atoms with Crippen LogP contribution in [0.4, 0.5) is 24.9 Å². The number of nitrogens with two attached hydrogens (primary N) is 1. The van der Waals surface area contributed by atoms with Crippen molar-refractivity contribution in [1.29, 1.82) is 0 Å². The van der Waals surface area contributed by atoms with Crippen molar-refractivity contribution in [1.82, 2.24) is 15.3 Å². The largest absolute Gasteiger partial charge is 0.493 e. The van der Waals surface area contributed by atoms with E-state index in [1.165, 1.54) is 32.4 Å². The van der Waals surface area contributed by atoms with Gasteiger partial charge in [-0.25, -0.2) is 0 Å². The second-order valence-corrected chi connectivity index (χ2v) is 10.6. The molecule has 3 heterocycles. The number of piperidine rings is 1. The Labute approximate surface area is 240 Å². The first-order valence-corrected chi connectivity index (χ1v) is 13.4. The Kier molecular flexibility index (Phi) is 8.04. The van der Waals surface area contributed by atoms with Crippen LogP contribution in [0.3, 0.4) is 0 Å². The van der Waals surface area contributed by atoms with E-state index < -0.39 is 24.3 Å². The van der Waals surface area contributed by atoms with E-state index in [9.17, 15) is 23.1 Å². The SMILES string of the molecule is COc1ccc(-c2ccc([C@@H](Oc3cc(N4CCC5(CC4)CNC(C(=O)O)C5)nc(N)n3)C(F)(F)F)cc2)cc1OC. The van der Waals surface area contributed by atoms with Crippen LogP contribution in [0, 0.1) is 5.41 Å². The molecule has 2 aliphatic heterocycles. The van der Waals surface area contributed by atoms with Gasteiger partial charge in [0.15, 0.2) is 11.5 Å². The second-order valence-electron chi connectivity index (χ2n) is 10.6. The Balaban J connectivity index is 1.32. The molecule has 0 bridgehead atoms. The topological polar surface area (TPSA) is 132 Å². The molecule has 1 aromatic heterocycles. The number of carbonyl (C=O) groups is 1. The van der Waals surface area contributed by atoms with E-state index in [-0.39, 0.29) is 22.8 Å². The van der Waals surface area contributed by atoms with E-state index in [1.54, 1.807) is 30.3 Å². The number of aliphatic carboxylic acids is 1. The normalized spacial score (nSPS) is 19.0. The van der Waals surface area contributed by atoms with Crippen molar-refractivity contribution in [3.63, 3.8) is 0 Å². The highest BCUT2D eigenvalue weighted by atomic mass is 19.4. The molecule has 4 N–H and O–H groups in total. The minimum Gasteiger partial charge on any atom is -0.493 e. The molecule has 0 aliphatic carbocycles. The maximum Gasteiger partial charge on any atom is 0.429 e. The highest BCUT2D eigenvalue weighted by molar-refractivity contribution is 5.74. The molecule has 2 aromatic carbocycles. The molecule has 0 radical (unpaired) electrons. The molecule has 5 rings (SSSR count). The van der Waals surface area contributed by atoms with Crippen LogP contribution in [0.2, 0.25) is 0 Å². The first-order valence-electron chi connectivity index (χ1n) is 13.4. The van der Waals surface area contributed by atoms with E-state index >= 15 is 0 Å². The van der Waals surface area contributed by atoms with Gasteiger partial charge in [0, 0.05) is 31.3 Å². The minimum atomic E-state index is -4.74. The maximum atomic E-state index is 14.2. The summed E-state index contributed by atoms with van der Waals surface area (Å²) in [6.07, 6.45) is -5.07. The summed E-state index contributed by atoms with van der Waals surface area (Å²) in [5.41, 5.74) is 7.07. The lowest BCUT2D eigenvalue weighted by molar-refractivity contribution is -0.198. The third-order valence-corrected chi connectivity index (χ3v) is 7.98. The van der Waals surface area contributed by atoms with Crippen LogP contribution in [0.15, 0.2) is 48.5 Å². The Morgan fingerprint density at radius 3 is 2.31 bits per heavy atom. The molecule has 42 heavy (non-hydrogen) atoms.